The number of likely N-dealkylation sites (tertiary alicyclic amines) is 1. The van der Waals surface area contributed by atoms with Gasteiger partial charge in [0.25, 0.3) is 5.91 Å². The number of imidazole rings is 1. The second kappa shape index (κ2) is 9.09. The van der Waals surface area contributed by atoms with Crippen molar-refractivity contribution in [1.82, 2.24) is 14.9 Å². The number of para-hydroxylation sites is 2. The molecule has 1 fully saturated rings. The number of nitrogens with one attached hydrogen (secondary N) is 1. The number of ether oxygens (including phenoxy) is 1. The topological polar surface area (TPSA) is 58.2 Å². The lowest BCUT2D eigenvalue weighted by molar-refractivity contribution is 0.0791. The summed E-state index contributed by atoms with van der Waals surface area (Å²) in [6.45, 7) is 1.55. The third-order valence-corrected chi connectivity index (χ3v) is 6.95. The Balaban J connectivity index is 1.18. The number of rotatable bonds is 6. The molecule has 32 heavy (non-hydrogen) atoms. The number of thioether (sulfide) groups is 1. The van der Waals surface area contributed by atoms with Gasteiger partial charge in [0.05, 0.1) is 18.1 Å². The maximum absolute atomic E-state index is 13.0. The summed E-state index contributed by atoms with van der Waals surface area (Å²) in [6.07, 6.45) is 0.990. The van der Waals surface area contributed by atoms with E-state index in [4.69, 9.17) is 4.74 Å². The molecular formula is C26H25N3O2S. The molecule has 1 unspecified atom stereocenters. The average molecular weight is 444 g/mol. The summed E-state index contributed by atoms with van der Waals surface area (Å²) in [5.41, 5.74) is 5.21. The van der Waals surface area contributed by atoms with Crippen LogP contribution in [0, 0.1) is 0 Å². The van der Waals surface area contributed by atoms with E-state index < -0.39 is 0 Å². The number of H-pyrrole nitrogens is 1. The van der Waals surface area contributed by atoms with E-state index in [0.29, 0.717) is 5.92 Å². The lowest BCUT2D eigenvalue weighted by Gasteiger charge is -2.17. The molecule has 1 amide bonds. The van der Waals surface area contributed by atoms with Gasteiger partial charge in [0.2, 0.25) is 0 Å². The van der Waals surface area contributed by atoms with Gasteiger partial charge in [0.15, 0.2) is 5.16 Å². The molecule has 1 aliphatic rings. The standard InChI is InChI=1S/C26H25N3O2S/c1-31-22-12-10-19(11-13-22)21-14-15-29(16-21)25(30)20-8-6-18(7-9-20)17-32-26-27-23-4-2-3-5-24(23)28-26/h2-13,21H,14-17H2,1H3,(H,27,28). The monoisotopic (exact) mass is 443 g/mol. The number of methoxy groups -OCH3 is 1. The minimum absolute atomic E-state index is 0.109. The Labute approximate surface area is 191 Å². The van der Waals surface area contributed by atoms with E-state index in [2.05, 4.69) is 22.1 Å². The first-order chi connectivity index (χ1) is 15.7. The Kier molecular flexibility index (Phi) is 5.86. The zero-order valence-corrected chi connectivity index (χ0v) is 18.8. The summed E-state index contributed by atoms with van der Waals surface area (Å²) >= 11 is 1.67. The van der Waals surface area contributed by atoms with E-state index in [9.17, 15) is 4.79 Å². The maximum Gasteiger partial charge on any atom is 0.253 e. The summed E-state index contributed by atoms with van der Waals surface area (Å²) in [7, 11) is 1.67. The molecule has 0 spiro atoms. The lowest BCUT2D eigenvalue weighted by Crippen LogP contribution is -2.28. The van der Waals surface area contributed by atoms with Crippen LogP contribution in [0.4, 0.5) is 0 Å². The van der Waals surface area contributed by atoms with Crippen LogP contribution in [-0.4, -0.2) is 41.0 Å². The molecule has 1 N–H and O–H groups in total. The van der Waals surface area contributed by atoms with Crippen molar-refractivity contribution in [2.75, 3.05) is 20.2 Å². The van der Waals surface area contributed by atoms with Crippen LogP contribution in [0.5, 0.6) is 5.75 Å². The van der Waals surface area contributed by atoms with Gasteiger partial charge < -0.3 is 14.6 Å². The fourth-order valence-electron chi connectivity index (χ4n) is 4.17. The molecule has 5 nitrogen and oxygen atoms in total. The number of nitrogens with zero attached hydrogens (tertiary/aromatic N) is 2. The number of carbonyl (C=O) groups excluding carboxylic acids is 1. The molecule has 2 heterocycles. The molecule has 1 atom stereocenters. The second-order valence-corrected chi connectivity index (χ2v) is 9.02. The molecular weight excluding hydrogens is 418 g/mol. The number of hydrogen-bond acceptors (Lipinski definition) is 4. The highest BCUT2D eigenvalue weighted by molar-refractivity contribution is 7.98. The van der Waals surface area contributed by atoms with Crippen molar-refractivity contribution < 1.29 is 9.53 Å². The first kappa shape index (κ1) is 20.6. The predicted molar refractivity (Wildman–Crippen MR) is 128 cm³/mol. The summed E-state index contributed by atoms with van der Waals surface area (Å²) in [6, 6.07) is 24.2. The number of carbonyl (C=O) groups is 1. The molecule has 4 aromatic rings. The van der Waals surface area contributed by atoms with Crippen LogP contribution in [-0.2, 0) is 5.75 Å². The zero-order chi connectivity index (χ0) is 21.9. The van der Waals surface area contributed by atoms with E-state index in [1.54, 1.807) is 18.9 Å². The molecule has 162 valence electrons. The highest BCUT2D eigenvalue weighted by atomic mass is 32.2. The minimum atomic E-state index is 0.109. The molecule has 5 rings (SSSR count). The lowest BCUT2D eigenvalue weighted by atomic mass is 9.98. The van der Waals surface area contributed by atoms with Gasteiger partial charge in [-0.15, -0.1) is 0 Å². The highest BCUT2D eigenvalue weighted by Gasteiger charge is 2.28. The fourth-order valence-corrected chi connectivity index (χ4v) is 5.01. The van der Waals surface area contributed by atoms with Crippen LogP contribution in [0.3, 0.4) is 0 Å². The molecule has 6 heteroatoms. The quantitative estimate of drug-likeness (QED) is 0.400. The van der Waals surface area contributed by atoms with Gasteiger partial charge in [-0.25, -0.2) is 4.98 Å². The number of fused-ring (bicyclic) bond motifs is 1. The largest absolute Gasteiger partial charge is 0.497 e. The van der Waals surface area contributed by atoms with Gasteiger partial charge in [-0.3, -0.25) is 4.79 Å². The number of benzene rings is 3. The van der Waals surface area contributed by atoms with Gasteiger partial charge in [0, 0.05) is 30.3 Å². The van der Waals surface area contributed by atoms with Crippen molar-refractivity contribution in [2.24, 2.45) is 0 Å². The molecule has 1 saturated heterocycles. The van der Waals surface area contributed by atoms with Crippen LogP contribution in [0.15, 0.2) is 78.0 Å². The van der Waals surface area contributed by atoms with Gasteiger partial charge >= 0.3 is 0 Å². The summed E-state index contributed by atoms with van der Waals surface area (Å²) in [4.78, 5) is 22.9. The van der Waals surface area contributed by atoms with Crippen LogP contribution in [0.25, 0.3) is 11.0 Å². The first-order valence-electron chi connectivity index (χ1n) is 10.8. The van der Waals surface area contributed by atoms with Gasteiger partial charge in [-0.1, -0.05) is 48.2 Å². The van der Waals surface area contributed by atoms with Crippen LogP contribution in [0.1, 0.15) is 33.8 Å². The fraction of sp³-hybridized carbons (Fsp3) is 0.231. The predicted octanol–water partition coefficient (Wildman–Crippen LogP) is 5.49. The molecule has 3 aromatic carbocycles. The van der Waals surface area contributed by atoms with E-state index >= 15 is 0 Å². The second-order valence-electron chi connectivity index (χ2n) is 8.05. The number of hydrogen-bond donors (Lipinski definition) is 1. The van der Waals surface area contributed by atoms with Gasteiger partial charge in [0.1, 0.15) is 5.75 Å². The highest BCUT2D eigenvalue weighted by Crippen LogP contribution is 2.29. The van der Waals surface area contributed by atoms with E-state index in [1.807, 2.05) is 65.6 Å². The summed E-state index contributed by atoms with van der Waals surface area (Å²) < 4.78 is 5.24. The number of aromatic amines is 1. The third kappa shape index (κ3) is 4.36. The molecule has 0 bridgehead atoms. The molecule has 0 radical (unpaired) electrons. The van der Waals surface area contributed by atoms with Crippen molar-refractivity contribution >= 4 is 28.7 Å². The Bertz CT molecular complexity index is 1190. The Morgan fingerprint density at radius 2 is 1.88 bits per heavy atom. The Hall–Kier alpha value is -3.25. The summed E-state index contributed by atoms with van der Waals surface area (Å²) in [5, 5.41) is 0.910. The van der Waals surface area contributed by atoms with Crippen LogP contribution in [0.2, 0.25) is 0 Å². The van der Waals surface area contributed by atoms with Crippen molar-refractivity contribution in [2.45, 2.75) is 23.2 Å². The minimum Gasteiger partial charge on any atom is -0.497 e. The normalized spacial score (nSPS) is 15.9. The third-order valence-electron chi connectivity index (χ3n) is 6.01. The Morgan fingerprint density at radius 1 is 1.09 bits per heavy atom. The van der Waals surface area contributed by atoms with Crippen molar-refractivity contribution in [3.05, 3.63) is 89.5 Å². The van der Waals surface area contributed by atoms with Crippen LogP contribution < -0.4 is 4.74 Å². The SMILES string of the molecule is COc1ccc(C2CCN(C(=O)c3ccc(CSc4nc5ccccc5[nH]4)cc3)C2)cc1. The molecule has 1 aliphatic heterocycles. The number of amides is 1. The van der Waals surface area contributed by atoms with Crippen molar-refractivity contribution in [3.63, 3.8) is 0 Å². The molecule has 0 saturated carbocycles. The number of aromatic nitrogens is 2. The molecule has 0 aliphatic carbocycles. The van der Waals surface area contributed by atoms with Crippen molar-refractivity contribution in [3.8, 4) is 5.75 Å². The van der Waals surface area contributed by atoms with Crippen LogP contribution >= 0.6 is 11.8 Å². The summed E-state index contributed by atoms with van der Waals surface area (Å²) in [5.74, 6) is 2.15. The molecule has 1 aromatic heterocycles. The smallest absolute Gasteiger partial charge is 0.253 e. The van der Waals surface area contributed by atoms with Gasteiger partial charge in [-0.05, 0) is 53.9 Å². The zero-order valence-electron chi connectivity index (χ0n) is 18.0. The van der Waals surface area contributed by atoms with Gasteiger partial charge in [-0.2, -0.15) is 0 Å². The van der Waals surface area contributed by atoms with E-state index in [-0.39, 0.29) is 5.91 Å². The first-order valence-corrected chi connectivity index (χ1v) is 11.8. The maximum atomic E-state index is 13.0. The Morgan fingerprint density at radius 3 is 2.62 bits per heavy atom. The van der Waals surface area contributed by atoms with E-state index in [0.717, 1.165) is 52.8 Å². The van der Waals surface area contributed by atoms with E-state index in [1.165, 1.54) is 11.1 Å². The van der Waals surface area contributed by atoms with Crippen molar-refractivity contribution in [1.29, 1.82) is 0 Å². The average Bonchev–Trinajstić information content (AvgIpc) is 3.50.